The number of piperazine rings is 1. The molecule has 2 atom stereocenters. The zero-order valence-electron chi connectivity index (χ0n) is 21.5. The Kier molecular flexibility index (Phi) is 7.52. The number of dihydropyridines is 1. The molecule has 1 saturated heterocycles. The molecule has 0 aromatic heterocycles. The maximum absolute atomic E-state index is 15.0. The highest BCUT2D eigenvalue weighted by Crippen LogP contribution is 2.38. The largest absolute Gasteiger partial charge is 0.417 e. The molecule has 0 unspecified atom stereocenters. The van der Waals surface area contributed by atoms with E-state index in [4.69, 9.17) is 0 Å². The molecule has 0 bridgehead atoms. The number of carbonyl (C=O) groups is 1. The molecule has 0 saturated carbocycles. The van der Waals surface area contributed by atoms with Gasteiger partial charge in [-0.2, -0.15) is 18.4 Å². The van der Waals surface area contributed by atoms with Gasteiger partial charge in [0.2, 0.25) is 0 Å². The molecule has 6 nitrogen and oxygen atoms in total. The first kappa shape index (κ1) is 27.9. The molecule has 2 aliphatic heterocycles. The van der Waals surface area contributed by atoms with Crippen molar-refractivity contribution in [2.24, 2.45) is 0 Å². The molecule has 0 radical (unpaired) electrons. The third kappa shape index (κ3) is 5.52. The Morgan fingerprint density at radius 3 is 2.44 bits per heavy atom. The molecule has 2 aromatic carbocycles. The van der Waals surface area contributed by atoms with Gasteiger partial charge < -0.3 is 15.5 Å². The molecule has 4 rings (SSSR count). The van der Waals surface area contributed by atoms with Crippen LogP contribution in [0, 0.1) is 23.0 Å². The van der Waals surface area contributed by atoms with Crippen molar-refractivity contribution in [2.75, 3.05) is 30.4 Å². The number of amides is 1. The number of hydrogen-bond acceptors (Lipinski definition) is 5. The fraction of sp³-hybridized carbons (Fsp3) is 0.286. The van der Waals surface area contributed by atoms with E-state index in [1.54, 1.807) is 12.1 Å². The van der Waals surface area contributed by atoms with Gasteiger partial charge in [-0.3, -0.25) is 9.69 Å². The van der Waals surface area contributed by atoms with Gasteiger partial charge in [0, 0.05) is 37.1 Å². The monoisotopic (exact) mass is 543 g/mol. The number of hydrogen-bond donors (Lipinski definition) is 2. The lowest BCUT2D eigenvalue weighted by atomic mass is 9.98. The van der Waals surface area contributed by atoms with Crippen LogP contribution < -0.4 is 15.5 Å². The minimum atomic E-state index is -4.83. The highest BCUT2D eigenvalue weighted by Gasteiger charge is 2.40. The zero-order valence-corrected chi connectivity index (χ0v) is 21.5. The second-order valence-electron chi connectivity index (χ2n) is 9.63. The summed E-state index contributed by atoms with van der Waals surface area (Å²) in [5, 5.41) is 14.2. The maximum Gasteiger partial charge on any atom is 0.417 e. The molecule has 2 aromatic rings. The van der Waals surface area contributed by atoms with Crippen LogP contribution in [0.1, 0.15) is 19.4 Å². The fourth-order valence-electron chi connectivity index (χ4n) is 4.72. The van der Waals surface area contributed by atoms with Gasteiger partial charge in [-0.15, -0.1) is 0 Å². The van der Waals surface area contributed by atoms with Crippen LogP contribution in [0.4, 0.5) is 33.3 Å². The van der Waals surface area contributed by atoms with Crippen LogP contribution in [0.3, 0.4) is 0 Å². The molecular weight excluding hydrogens is 517 g/mol. The van der Waals surface area contributed by atoms with E-state index in [1.807, 2.05) is 25.8 Å². The minimum absolute atomic E-state index is 0.00656. The van der Waals surface area contributed by atoms with Crippen molar-refractivity contribution in [1.29, 1.82) is 5.26 Å². The number of nitrogens with zero attached hydrogens (tertiary/aromatic N) is 3. The van der Waals surface area contributed by atoms with Crippen molar-refractivity contribution >= 4 is 17.3 Å². The van der Waals surface area contributed by atoms with Gasteiger partial charge in [-0.05, 0) is 56.8 Å². The average molecular weight is 544 g/mol. The summed E-state index contributed by atoms with van der Waals surface area (Å²) in [6.07, 6.45) is -3.18. The van der Waals surface area contributed by atoms with Gasteiger partial charge in [-0.25, -0.2) is 8.78 Å². The van der Waals surface area contributed by atoms with Crippen molar-refractivity contribution < 1.29 is 26.7 Å². The van der Waals surface area contributed by atoms with Crippen molar-refractivity contribution in [3.05, 3.63) is 83.2 Å². The van der Waals surface area contributed by atoms with Crippen LogP contribution in [0.25, 0.3) is 11.1 Å². The van der Waals surface area contributed by atoms with E-state index in [9.17, 15) is 27.6 Å². The molecule has 1 fully saturated rings. The topological polar surface area (TPSA) is 71.4 Å². The quantitative estimate of drug-likeness (QED) is 0.502. The van der Waals surface area contributed by atoms with E-state index in [-0.39, 0.29) is 34.6 Å². The molecule has 2 aliphatic rings. The lowest BCUT2D eigenvalue weighted by Crippen LogP contribution is -2.55. The van der Waals surface area contributed by atoms with E-state index < -0.39 is 40.4 Å². The minimum Gasteiger partial charge on any atom is -0.367 e. The van der Waals surface area contributed by atoms with Crippen LogP contribution in [0.15, 0.2) is 66.0 Å². The Bertz CT molecular complexity index is 1430. The molecular formula is C28H26F5N5O. The van der Waals surface area contributed by atoms with Crippen molar-refractivity contribution in [3.63, 3.8) is 0 Å². The summed E-state index contributed by atoms with van der Waals surface area (Å²) in [5.74, 6) is -3.08. The van der Waals surface area contributed by atoms with Gasteiger partial charge in [0.15, 0.2) is 5.82 Å². The smallest absolute Gasteiger partial charge is 0.367 e. The first-order valence-electron chi connectivity index (χ1n) is 12.1. The third-order valence-corrected chi connectivity index (χ3v) is 7.01. The van der Waals surface area contributed by atoms with Crippen molar-refractivity contribution in [3.8, 4) is 17.2 Å². The number of nitrogens with one attached hydrogen (secondary N) is 2. The van der Waals surface area contributed by atoms with Crippen LogP contribution in [0.2, 0.25) is 0 Å². The number of carbonyl (C=O) groups excluding carboxylic acids is 1. The number of likely N-dealkylation sites (N-methyl/N-ethyl adjacent to an activating group) is 1. The Balaban J connectivity index is 1.81. The zero-order chi connectivity index (χ0) is 28.6. The summed E-state index contributed by atoms with van der Waals surface area (Å²) in [6.45, 7) is 8.56. The predicted octanol–water partition coefficient (Wildman–Crippen LogP) is 5.46. The van der Waals surface area contributed by atoms with E-state index in [0.717, 1.165) is 24.4 Å². The van der Waals surface area contributed by atoms with Gasteiger partial charge in [0.25, 0.3) is 5.91 Å². The lowest BCUT2D eigenvalue weighted by Gasteiger charge is -2.44. The van der Waals surface area contributed by atoms with E-state index in [0.29, 0.717) is 18.8 Å². The average Bonchev–Trinajstić information content (AvgIpc) is 2.86. The van der Waals surface area contributed by atoms with Crippen LogP contribution in [-0.2, 0) is 4.79 Å². The third-order valence-electron chi connectivity index (χ3n) is 7.01. The van der Waals surface area contributed by atoms with Crippen LogP contribution in [-0.4, -0.2) is 49.2 Å². The maximum atomic E-state index is 15.0. The lowest BCUT2D eigenvalue weighted by molar-refractivity contribution is -0.115. The number of nitriles is 1. The van der Waals surface area contributed by atoms with Crippen LogP contribution in [0.5, 0.6) is 0 Å². The predicted molar refractivity (Wildman–Crippen MR) is 139 cm³/mol. The summed E-state index contributed by atoms with van der Waals surface area (Å²) in [5.41, 5.74) is -2.20. The Hall–Kier alpha value is -4.17. The number of alkyl halides is 3. The number of halogens is 5. The van der Waals surface area contributed by atoms with Gasteiger partial charge in [0.1, 0.15) is 11.9 Å². The van der Waals surface area contributed by atoms with Gasteiger partial charge in [0.05, 0.1) is 33.6 Å². The number of benzene rings is 2. The van der Waals surface area contributed by atoms with E-state index in [1.165, 1.54) is 12.1 Å². The van der Waals surface area contributed by atoms with E-state index >= 15 is 4.39 Å². The molecule has 1 amide bonds. The molecule has 204 valence electrons. The van der Waals surface area contributed by atoms with Crippen molar-refractivity contribution in [1.82, 2.24) is 10.2 Å². The highest BCUT2D eigenvalue weighted by atomic mass is 19.4. The second kappa shape index (κ2) is 10.5. The fourth-order valence-corrected chi connectivity index (χ4v) is 4.72. The number of anilines is 2. The molecule has 0 aliphatic carbocycles. The Labute approximate surface area is 222 Å². The normalized spacial score (nSPS) is 20.1. The molecule has 2 N–H and O–H groups in total. The Morgan fingerprint density at radius 2 is 1.82 bits per heavy atom. The molecule has 39 heavy (non-hydrogen) atoms. The summed E-state index contributed by atoms with van der Waals surface area (Å²) < 4.78 is 70.9. The van der Waals surface area contributed by atoms with Crippen molar-refractivity contribution in [2.45, 2.75) is 32.1 Å². The summed E-state index contributed by atoms with van der Waals surface area (Å²) in [4.78, 5) is 17.4. The molecule has 11 heteroatoms. The Morgan fingerprint density at radius 1 is 1.15 bits per heavy atom. The summed E-state index contributed by atoms with van der Waals surface area (Å²) in [7, 11) is 1.98. The molecule has 2 heterocycles. The first-order chi connectivity index (χ1) is 18.3. The van der Waals surface area contributed by atoms with Gasteiger partial charge in [-0.1, -0.05) is 12.6 Å². The molecule has 0 spiro atoms. The SMILES string of the molecule is C=C1C=C(C(F)(F)F)C(C(=O)Nc2cc(-c3c(F)ccc(C#N)c3F)ccc2N2C[C@@H](C)N(C)[C@@H](C)C2)=CN1. The van der Waals surface area contributed by atoms with Gasteiger partial charge >= 0.3 is 6.18 Å². The highest BCUT2D eigenvalue weighted by molar-refractivity contribution is 6.09. The standard InChI is InChI=1S/C28H26F5N5O/c1-15-9-21(28(31,32)33)20(12-35-15)27(39)36-23-10-18(25-22(29)7-5-19(11-34)26(25)30)6-8-24(23)38-13-16(2)37(4)17(3)14-38/h5-10,12,16-17,35H,1,13-14H2,2-4H3,(H,36,39)/t16-,17+. The second-order valence-corrected chi connectivity index (χ2v) is 9.63. The number of rotatable bonds is 4. The van der Waals surface area contributed by atoms with Crippen LogP contribution >= 0.6 is 0 Å². The van der Waals surface area contributed by atoms with E-state index in [2.05, 4.69) is 22.1 Å². The first-order valence-corrected chi connectivity index (χ1v) is 12.1. The summed E-state index contributed by atoms with van der Waals surface area (Å²) in [6, 6.07) is 8.16. The summed E-state index contributed by atoms with van der Waals surface area (Å²) >= 11 is 0. The number of allylic oxidation sites excluding steroid dienone is 1.